The van der Waals surface area contributed by atoms with Crippen molar-refractivity contribution in [1.29, 1.82) is 0 Å². The van der Waals surface area contributed by atoms with E-state index in [1.54, 1.807) is 0 Å². The monoisotopic (exact) mass is 273 g/mol. The van der Waals surface area contributed by atoms with Gasteiger partial charge in [-0.25, -0.2) is 0 Å². The number of aliphatic hydroxyl groups is 2. The van der Waals surface area contributed by atoms with Crippen molar-refractivity contribution in [3.8, 4) is 11.8 Å². The van der Waals surface area contributed by atoms with Crippen LogP contribution in [0.3, 0.4) is 0 Å². The Balaban J connectivity index is 1.93. The van der Waals surface area contributed by atoms with Crippen LogP contribution in [0.2, 0.25) is 0 Å². The van der Waals surface area contributed by atoms with Crippen molar-refractivity contribution in [1.82, 2.24) is 4.90 Å². The van der Waals surface area contributed by atoms with Gasteiger partial charge in [0.05, 0.1) is 12.7 Å². The van der Waals surface area contributed by atoms with Gasteiger partial charge in [-0.3, -0.25) is 0 Å². The summed E-state index contributed by atoms with van der Waals surface area (Å²) in [4.78, 5) is 2.29. The maximum atomic E-state index is 9.33. The first kappa shape index (κ1) is 15.1. The highest BCUT2D eigenvalue weighted by Crippen LogP contribution is 2.28. The van der Waals surface area contributed by atoms with E-state index in [1.807, 2.05) is 18.2 Å². The molecule has 0 bridgehead atoms. The zero-order chi connectivity index (χ0) is 14.4. The van der Waals surface area contributed by atoms with E-state index in [0.29, 0.717) is 12.3 Å². The van der Waals surface area contributed by atoms with E-state index in [2.05, 4.69) is 29.9 Å². The molecule has 0 aliphatic heterocycles. The van der Waals surface area contributed by atoms with Crippen molar-refractivity contribution >= 4 is 0 Å². The van der Waals surface area contributed by atoms with Crippen LogP contribution in [0.1, 0.15) is 30.4 Å². The third-order valence-electron chi connectivity index (χ3n) is 3.70. The standard InChI is InChI=1S/C17H23NO2/c1-18(12-14-10-17(20)11-14)13-16-8-3-2-6-15(16)7-4-5-9-19/h2-3,6,8,14,17,19-20H,5,9-13H2,1H3. The summed E-state index contributed by atoms with van der Waals surface area (Å²) >= 11 is 0. The molecule has 0 spiro atoms. The third-order valence-corrected chi connectivity index (χ3v) is 3.70. The van der Waals surface area contributed by atoms with E-state index < -0.39 is 0 Å². The topological polar surface area (TPSA) is 43.7 Å². The predicted octanol–water partition coefficient (Wildman–Crippen LogP) is 1.62. The number of nitrogens with zero attached hydrogens (tertiary/aromatic N) is 1. The molecule has 1 fully saturated rings. The molecule has 0 amide bonds. The van der Waals surface area contributed by atoms with Gasteiger partial charge in [0, 0.05) is 25.1 Å². The molecular formula is C17H23NO2. The summed E-state index contributed by atoms with van der Waals surface area (Å²) in [7, 11) is 2.11. The van der Waals surface area contributed by atoms with Crippen molar-refractivity contribution < 1.29 is 10.2 Å². The maximum absolute atomic E-state index is 9.33. The normalized spacial score (nSPS) is 21.2. The third kappa shape index (κ3) is 4.35. The van der Waals surface area contributed by atoms with Crippen molar-refractivity contribution in [2.45, 2.75) is 31.9 Å². The van der Waals surface area contributed by atoms with Gasteiger partial charge in [-0.05, 0) is 37.4 Å². The van der Waals surface area contributed by atoms with Gasteiger partial charge >= 0.3 is 0 Å². The Morgan fingerprint density at radius 2 is 2.05 bits per heavy atom. The highest BCUT2D eigenvalue weighted by Gasteiger charge is 2.27. The van der Waals surface area contributed by atoms with Crippen LogP contribution in [-0.2, 0) is 6.54 Å². The Kier molecular flexibility index (Phi) is 5.60. The summed E-state index contributed by atoms with van der Waals surface area (Å²) < 4.78 is 0. The molecule has 1 aliphatic carbocycles. The first-order valence-electron chi connectivity index (χ1n) is 7.23. The van der Waals surface area contributed by atoms with E-state index in [9.17, 15) is 5.11 Å². The first-order chi connectivity index (χ1) is 9.69. The number of benzene rings is 1. The van der Waals surface area contributed by atoms with Crippen molar-refractivity contribution in [3.05, 3.63) is 35.4 Å². The van der Waals surface area contributed by atoms with Crippen LogP contribution < -0.4 is 0 Å². The second-order valence-electron chi connectivity index (χ2n) is 5.62. The minimum absolute atomic E-state index is 0.0787. The molecule has 1 saturated carbocycles. The van der Waals surface area contributed by atoms with Crippen LogP contribution >= 0.6 is 0 Å². The zero-order valence-corrected chi connectivity index (χ0v) is 12.0. The molecule has 108 valence electrons. The van der Waals surface area contributed by atoms with Gasteiger partial charge < -0.3 is 15.1 Å². The van der Waals surface area contributed by atoms with Gasteiger partial charge in [-0.1, -0.05) is 30.0 Å². The fourth-order valence-electron chi connectivity index (χ4n) is 2.64. The molecular weight excluding hydrogens is 250 g/mol. The number of hydrogen-bond acceptors (Lipinski definition) is 3. The predicted molar refractivity (Wildman–Crippen MR) is 80.1 cm³/mol. The highest BCUT2D eigenvalue weighted by molar-refractivity contribution is 5.41. The highest BCUT2D eigenvalue weighted by atomic mass is 16.3. The van der Waals surface area contributed by atoms with Gasteiger partial charge in [0.1, 0.15) is 0 Å². The Morgan fingerprint density at radius 3 is 2.75 bits per heavy atom. The van der Waals surface area contributed by atoms with E-state index in [-0.39, 0.29) is 12.7 Å². The van der Waals surface area contributed by atoms with Crippen molar-refractivity contribution in [3.63, 3.8) is 0 Å². The molecule has 0 unspecified atom stereocenters. The molecule has 20 heavy (non-hydrogen) atoms. The largest absolute Gasteiger partial charge is 0.395 e. The average molecular weight is 273 g/mol. The van der Waals surface area contributed by atoms with E-state index in [0.717, 1.165) is 31.5 Å². The maximum Gasteiger partial charge on any atom is 0.0546 e. The molecule has 2 rings (SSSR count). The lowest BCUT2D eigenvalue weighted by Gasteiger charge is -2.34. The summed E-state index contributed by atoms with van der Waals surface area (Å²) in [5, 5.41) is 18.1. The SMILES string of the molecule is CN(Cc1ccccc1C#CCCO)CC1CC(O)C1. The molecule has 0 radical (unpaired) electrons. The van der Waals surface area contributed by atoms with E-state index >= 15 is 0 Å². The molecule has 0 heterocycles. The molecule has 0 aromatic heterocycles. The van der Waals surface area contributed by atoms with Crippen LogP contribution in [0.15, 0.2) is 24.3 Å². The lowest BCUT2D eigenvalue weighted by Crippen LogP contribution is -2.36. The Morgan fingerprint density at radius 1 is 1.30 bits per heavy atom. The van der Waals surface area contributed by atoms with Crippen LogP contribution in [0, 0.1) is 17.8 Å². The molecule has 1 aromatic rings. The minimum atomic E-state index is -0.0787. The molecule has 3 nitrogen and oxygen atoms in total. The summed E-state index contributed by atoms with van der Waals surface area (Å²) in [6.45, 7) is 2.01. The Labute approximate surface area is 121 Å². The lowest BCUT2D eigenvalue weighted by molar-refractivity contribution is 0.0274. The second-order valence-corrected chi connectivity index (χ2v) is 5.62. The first-order valence-corrected chi connectivity index (χ1v) is 7.23. The summed E-state index contributed by atoms with van der Waals surface area (Å²) in [5.74, 6) is 6.74. The number of hydrogen-bond donors (Lipinski definition) is 2. The Bertz CT molecular complexity index is 483. The van der Waals surface area contributed by atoms with Gasteiger partial charge in [0.25, 0.3) is 0 Å². The quantitative estimate of drug-likeness (QED) is 0.801. The summed E-state index contributed by atoms with van der Waals surface area (Å²) in [6.07, 6.45) is 2.30. The molecule has 2 N–H and O–H groups in total. The molecule has 3 heteroatoms. The number of rotatable bonds is 5. The molecule has 1 aromatic carbocycles. The lowest BCUT2D eigenvalue weighted by atomic mass is 9.82. The van der Waals surface area contributed by atoms with Gasteiger partial charge in [0.2, 0.25) is 0 Å². The fourth-order valence-corrected chi connectivity index (χ4v) is 2.64. The minimum Gasteiger partial charge on any atom is -0.395 e. The van der Waals surface area contributed by atoms with Crippen molar-refractivity contribution in [2.75, 3.05) is 20.2 Å². The summed E-state index contributed by atoms with van der Waals surface area (Å²) in [6, 6.07) is 8.16. The molecule has 0 saturated heterocycles. The second kappa shape index (κ2) is 7.44. The van der Waals surface area contributed by atoms with Gasteiger partial charge in [-0.15, -0.1) is 0 Å². The molecule has 0 atom stereocenters. The van der Waals surface area contributed by atoms with Crippen molar-refractivity contribution in [2.24, 2.45) is 5.92 Å². The summed E-state index contributed by atoms with van der Waals surface area (Å²) in [5.41, 5.74) is 2.27. The van der Waals surface area contributed by atoms with E-state index in [1.165, 1.54) is 5.56 Å². The number of aliphatic hydroxyl groups excluding tert-OH is 2. The smallest absolute Gasteiger partial charge is 0.0546 e. The average Bonchev–Trinajstić information content (AvgIpc) is 2.39. The molecule has 1 aliphatic rings. The van der Waals surface area contributed by atoms with Crippen LogP contribution in [0.5, 0.6) is 0 Å². The van der Waals surface area contributed by atoms with Crippen LogP contribution in [0.25, 0.3) is 0 Å². The van der Waals surface area contributed by atoms with Gasteiger partial charge in [-0.2, -0.15) is 0 Å². The van der Waals surface area contributed by atoms with Gasteiger partial charge in [0.15, 0.2) is 0 Å². The Hall–Kier alpha value is -1.34. The fraction of sp³-hybridized carbons (Fsp3) is 0.529. The van der Waals surface area contributed by atoms with Crippen LogP contribution in [-0.4, -0.2) is 41.4 Å². The van der Waals surface area contributed by atoms with Crippen LogP contribution in [0.4, 0.5) is 0 Å². The van der Waals surface area contributed by atoms with E-state index in [4.69, 9.17) is 5.11 Å². The zero-order valence-electron chi connectivity index (χ0n) is 12.0.